The van der Waals surface area contributed by atoms with E-state index in [4.69, 9.17) is 0 Å². The maximum atomic E-state index is 10.6. The summed E-state index contributed by atoms with van der Waals surface area (Å²) in [5.74, 6) is -0.0104. The fourth-order valence-corrected chi connectivity index (χ4v) is 1.86. The maximum absolute atomic E-state index is 10.6. The topological polar surface area (TPSA) is 47.0 Å². The molecule has 55 valence electrons. The highest BCUT2D eigenvalue weighted by molar-refractivity contribution is 7.91. The van der Waals surface area contributed by atoms with Gasteiger partial charge in [-0.05, 0) is 17.1 Å². The summed E-state index contributed by atoms with van der Waals surface area (Å²) in [6, 6.07) is 0. The van der Waals surface area contributed by atoms with Crippen molar-refractivity contribution in [3.05, 3.63) is 23.4 Å². The molecule has 1 heterocycles. The van der Waals surface area contributed by atoms with Crippen LogP contribution in [0.1, 0.15) is 5.56 Å². The van der Waals surface area contributed by atoms with Crippen molar-refractivity contribution in [2.45, 2.75) is 5.75 Å². The molecule has 0 spiro atoms. The van der Waals surface area contributed by atoms with Gasteiger partial charge in [0.25, 0.3) is 0 Å². The second-order valence-electron chi connectivity index (χ2n) is 1.92. The van der Waals surface area contributed by atoms with Gasteiger partial charge in [0.2, 0.25) is 0 Å². The first kappa shape index (κ1) is 7.68. The largest absolute Gasteiger partial charge is 0.228 e. The number of aromatic nitrogens is 1. The van der Waals surface area contributed by atoms with Crippen molar-refractivity contribution in [3.63, 3.8) is 0 Å². The van der Waals surface area contributed by atoms with Gasteiger partial charge in [-0.1, -0.05) is 0 Å². The lowest BCUT2D eigenvalue weighted by Crippen LogP contribution is -1.96. The van der Waals surface area contributed by atoms with E-state index in [1.54, 1.807) is 5.38 Å². The lowest BCUT2D eigenvalue weighted by molar-refractivity contribution is 0.603. The molecular weight excluding hydrogens is 170 g/mol. The van der Waals surface area contributed by atoms with Gasteiger partial charge < -0.3 is 0 Å². The molecule has 1 radical (unpaired) electrons. The van der Waals surface area contributed by atoms with Gasteiger partial charge in [-0.15, -0.1) is 0 Å². The zero-order valence-corrected chi connectivity index (χ0v) is 6.78. The molecule has 0 aliphatic carbocycles. The summed E-state index contributed by atoms with van der Waals surface area (Å²) in [7, 11) is -3.13. The Hall–Kier alpha value is -0.420. The normalized spacial score (nSPS) is 11.7. The van der Waals surface area contributed by atoms with E-state index in [0.717, 1.165) is 0 Å². The Morgan fingerprint density at radius 1 is 1.70 bits per heavy atom. The Kier molecular flexibility index (Phi) is 2.05. The van der Waals surface area contributed by atoms with Crippen molar-refractivity contribution in [1.82, 2.24) is 4.37 Å². The van der Waals surface area contributed by atoms with Crippen LogP contribution in [0, 0.1) is 6.26 Å². The molecule has 0 aromatic carbocycles. The SMILES string of the molecule is [CH2]S(=O)(=O)Cc1cnsc1. The standard InChI is InChI=1S/C5H6NO2S2/c1-10(7,8)4-5-2-6-9-3-5/h2-3H,1,4H2. The lowest BCUT2D eigenvalue weighted by atomic mass is 10.4. The highest BCUT2D eigenvalue weighted by Crippen LogP contribution is 2.06. The predicted octanol–water partition coefficient (Wildman–Crippen LogP) is 0.849. The van der Waals surface area contributed by atoms with E-state index in [0.29, 0.717) is 5.56 Å². The third-order valence-electron chi connectivity index (χ3n) is 0.870. The molecule has 1 aromatic heterocycles. The number of hydrogen-bond acceptors (Lipinski definition) is 4. The van der Waals surface area contributed by atoms with Crippen LogP contribution in [0.25, 0.3) is 0 Å². The molecule has 1 aromatic rings. The van der Waals surface area contributed by atoms with Crippen LogP contribution in [0.5, 0.6) is 0 Å². The van der Waals surface area contributed by atoms with E-state index in [1.807, 2.05) is 0 Å². The minimum atomic E-state index is -3.13. The number of nitrogens with zero attached hydrogens (tertiary/aromatic N) is 1. The molecule has 10 heavy (non-hydrogen) atoms. The molecule has 0 bridgehead atoms. The first-order valence-electron chi connectivity index (χ1n) is 2.52. The molecule has 0 aliphatic heterocycles. The van der Waals surface area contributed by atoms with Gasteiger partial charge in [-0.2, -0.15) is 0 Å². The van der Waals surface area contributed by atoms with E-state index in [-0.39, 0.29) is 5.75 Å². The first-order valence-corrected chi connectivity index (χ1v) is 5.18. The Morgan fingerprint density at radius 3 is 2.80 bits per heavy atom. The van der Waals surface area contributed by atoms with Crippen LogP contribution in [0.2, 0.25) is 0 Å². The third kappa shape index (κ3) is 2.45. The van der Waals surface area contributed by atoms with E-state index in [2.05, 4.69) is 10.6 Å². The fraction of sp³-hybridized carbons (Fsp3) is 0.200. The third-order valence-corrected chi connectivity index (χ3v) is 2.28. The number of rotatable bonds is 2. The van der Waals surface area contributed by atoms with Crippen molar-refractivity contribution in [3.8, 4) is 0 Å². The molecular formula is C5H6NO2S2. The summed E-state index contributed by atoms with van der Waals surface area (Å²) in [5.41, 5.74) is 0.708. The van der Waals surface area contributed by atoms with Crippen LogP contribution in [0.15, 0.2) is 11.6 Å². The van der Waals surface area contributed by atoms with Crippen LogP contribution in [-0.4, -0.2) is 12.8 Å². The molecule has 0 unspecified atom stereocenters. The van der Waals surface area contributed by atoms with Gasteiger partial charge in [-0.25, -0.2) is 12.8 Å². The van der Waals surface area contributed by atoms with Crippen LogP contribution in [-0.2, 0) is 15.6 Å². The van der Waals surface area contributed by atoms with Crippen LogP contribution in [0.3, 0.4) is 0 Å². The summed E-state index contributed by atoms with van der Waals surface area (Å²) < 4.78 is 24.9. The molecule has 0 amide bonds. The summed E-state index contributed by atoms with van der Waals surface area (Å²) in [5, 5.41) is 1.70. The number of sulfone groups is 1. The monoisotopic (exact) mass is 176 g/mol. The molecule has 0 atom stereocenters. The summed E-state index contributed by atoms with van der Waals surface area (Å²) in [4.78, 5) is 0. The van der Waals surface area contributed by atoms with Crippen LogP contribution >= 0.6 is 11.5 Å². The highest BCUT2D eigenvalue weighted by Gasteiger charge is 2.04. The molecule has 0 saturated carbocycles. The first-order chi connectivity index (χ1) is 4.58. The van der Waals surface area contributed by atoms with Crippen molar-refractivity contribution >= 4 is 21.4 Å². The Balaban J connectivity index is 2.75. The quantitative estimate of drug-likeness (QED) is 0.671. The average Bonchev–Trinajstić information content (AvgIpc) is 2.12. The molecule has 0 aliphatic rings. The van der Waals surface area contributed by atoms with Crippen LogP contribution in [0.4, 0.5) is 0 Å². The second kappa shape index (κ2) is 2.67. The van der Waals surface area contributed by atoms with Gasteiger partial charge in [0, 0.05) is 11.6 Å². The van der Waals surface area contributed by atoms with E-state index < -0.39 is 9.84 Å². The van der Waals surface area contributed by atoms with Gasteiger partial charge in [0.05, 0.1) is 12.0 Å². The molecule has 5 heteroatoms. The van der Waals surface area contributed by atoms with Crippen molar-refractivity contribution in [1.29, 1.82) is 0 Å². The Bertz CT molecular complexity index is 287. The minimum Gasteiger partial charge on any atom is -0.228 e. The molecule has 0 fully saturated rings. The molecule has 0 N–H and O–H groups in total. The van der Waals surface area contributed by atoms with Gasteiger partial charge in [0.1, 0.15) is 0 Å². The van der Waals surface area contributed by atoms with Gasteiger partial charge in [0.15, 0.2) is 9.84 Å². The summed E-state index contributed by atoms with van der Waals surface area (Å²) in [6.45, 7) is 0. The minimum absolute atomic E-state index is 0.0104. The molecule has 1 rings (SSSR count). The van der Waals surface area contributed by atoms with E-state index in [9.17, 15) is 8.42 Å². The lowest BCUT2D eigenvalue weighted by Gasteiger charge is -1.90. The van der Waals surface area contributed by atoms with E-state index in [1.165, 1.54) is 17.7 Å². The highest BCUT2D eigenvalue weighted by atomic mass is 32.2. The Morgan fingerprint density at radius 2 is 2.40 bits per heavy atom. The number of hydrogen-bond donors (Lipinski definition) is 0. The molecule has 3 nitrogen and oxygen atoms in total. The summed E-state index contributed by atoms with van der Waals surface area (Å²) >= 11 is 1.24. The van der Waals surface area contributed by atoms with Crippen molar-refractivity contribution in [2.75, 3.05) is 0 Å². The van der Waals surface area contributed by atoms with Crippen molar-refractivity contribution in [2.24, 2.45) is 0 Å². The zero-order chi connectivity index (χ0) is 7.61. The predicted molar refractivity (Wildman–Crippen MR) is 40.1 cm³/mol. The average molecular weight is 176 g/mol. The zero-order valence-electron chi connectivity index (χ0n) is 5.15. The van der Waals surface area contributed by atoms with Gasteiger partial charge in [-0.3, -0.25) is 0 Å². The summed E-state index contributed by atoms with van der Waals surface area (Å²) in [6.07, 6.45) is 4.53. The fourth-order valence-electron chi connectivity index (χ4n) is 0.552. The van der Waals surface area contributed by atoms with E-state index >= 15 is 0 Å². The van der Waals surface area contributed by atoms with Crippen LogP contribution < -0.4 is 0 Å². The van der Waals surface area contributed by atoms with Gasteiger partial charge >= 0.3 is 0 Å². The molecule has 0 saturated heterocycles. The second-order valence-corrected chi connectivity index (χ2v) is 4.35. The van der Waals surface area contributed by atoms with Crippen molar-refractivity contribution < 1.29 is 8.42 Å². The smallest absolute Gasteiger partial charge is 0.155 e. The maximum Gasteiger partial charge on any atom is 0.155 e. The Labute approximate surface area is 63.8 Å².